The molecule has 2 atom stereocenters. The molecule has 0 radical (unpaired) electrons. The average molecular weight is 317 g/mol. The summed E-state index contributed by atoms with van der Waals surface area (Å²) in [5, 5.41) is 2.62. The van der Waals surface area contributed by atoms with Gasteiger partial charge in [0, 0.05) is 34.0 Å². The molecule has 1 aliphatic heterocycles. The van der Waals surface area contributed by atoms with Crippen molar-refractivity contribution < 1.29 is 14.4 Å². The van der Waals surface area contributed by atoms with Crippen LogP contribution < -0.4 is 5.32 Å². The second kappa shape index (κ2) is 7.26. The van der Waals surface area contributed by atoms with Gasteiger partial charge in [-0.2, -0.15) is 0 Å². The predicted octanol–water partition coefficient (Wildman–Crippen LogP) is 0.423. The molecule has 1 aliphatic rings. The number of amides is 3. The number of carbonyl (C=O) groups excluding carboxylic acids is 3. The van der Waals surface area contributed by atoms with E-state index in [-0.39, 0.29) is 17.7 Å². The van der Waals surface area contributed by atoms with E-state index in [1.807, 2.05) is 30.3 Å². The molecule has 6 nitrogen and oxygen atoms in total. The van der Waals surface area contributed by atoms with Crippen molar-refractivity contribution in [2.75, 3.05) is 21.1 Å². The van der Waals surface area contributed by atoms with E-state index in [4.69, 9.17) is 0 Å². The van der Waals surface area contributed by atoms with Crippen LogP contribution in [0, 0.1) is 0 Å². The number of nitrogens with zero attached hydrogens (tertiary/aromatic N) is 2. The van der Waals surface area contributed by atoms with Gasteiger partial charge >= 0.3 is 0 Å². The molecule has 23 heavy (non-hydrogen) atoms. The zero-order valence-electron chi connectivity index (χ0n) is 13.8. The number of likely N-dealkylation sites (tertiary alicyclic amines) is 1. The molecule has 3 amide bonds. The van der Waals surface area contributed by atoms with Crippen molar-refractivity contribution >= 4 is 17.7 Å². The van der Waals surface area contributed by atoms with Gasteiger partial charge in [0.25, 0.3) is 0 Å². The van der Waals surface area contributed by atoms with Crippen LogP contribution in [0.25, 0.3) is 0 Å². The zero-order chi connectivity index (χ0) is 17.0. The third-order valence-electron chi connectivity index (χ3n) is 4.41. The van der Waals surface area contributed by atoms with Crippen molar-refractivity contribution in [3.8, 4) is 0 Å². The van der Waals surface area contributed by atoms with Gasteiger partial charge in [-0.15, -0.1) is 0 Å². The summed E-state index contributed by atoms with van der Waals surface area (Å²) in [4.78, 5) is 39.5. The van der Waals surface area contributed by atoms with Crippen molar-refractivity contribution in [3.05, 3.63) is 35.9 Å². The highest BCUT2D eigenvalue weighted by Crippen LogP contribution is 2.20. The van der Waals surface area contributed by atoms with E-state index in [0.717, 1.165) is 5.56 Å². The SMILES string of the molecule is CNC(=O)C(Cc1ccccc1)N(C)C(=O)[C@@H]1CCC(=O)N1C. The molecule has 1 aromatic rings. The fourth-order valence-corrected chi connectivity index (χ4v) is 2.89. The molecule has 0 spiro atoms. The lowest BCUT2D eigenvalue weighted by molar-refractivity contribution is -0.144. The summed E-state index contributed by atoms with van der Waals surface area (Å²) in [5.74, 6) is -0.434. The van der Waals surface area contributed by atoms with E-state index in [0.29, 0.717) is 19.3 Å². The monoisotopic (exact) mass is 317 g/mol. The summed E-state index contributed by atoms with van der Waals surface area (Å²) >= 11 is 0. The Morgan fingerprint density at radius 3 is 2.52 bits per heavy atom. The highest BCUT2D eigenvalue weighted by molar-refractivity contribution is 5.93. The van der Waals surface area contributed by atoms with Gasteiger partial charge in [-0.05, 0) is 12.0 Å². The van der Waals surface area contributed by atoms with Crippen LogP contribution in [0.5, 0.6) is 0 Å². The quantitative estimate of drug-likeness (QED) is 0.856. The molecular formula is C17H23N3O3. The molecule has 1 heterocycles. The fourth-order valence-electron chi connectivity index (χ4n) is 2.89. The molecule has 6 heteroatoms. The molecular weight excluding hydrogens is 294 g/mol. The molecule has 0 aliphatic carbocycles. The molecule has 0 aromatic heterocycles. The summed E-state index contributed by atoms with van der Waals surface area (Å²) in [7, 11) is 4.82. The Balaban J connectivity index is 2.16. The summed E-state index contributed by atoms with van der Waals surface area (Å²) in [6, 6.07) is 8.50. The molecule has 1 unspecified atom stereocenters. The van der Waals surface area contributed by atoms with Gasteiger partial charge < -0.3 is 15.1 Å². The van der Waals surface area contributed by atoms with Crippen LogP contribution in [0.4, 0.5) is 0 Å². The summed E-state index contributed by atoms with van der Waals surface area (Å²) < 4.78 is 0. The number of benzene rings is 1. The minimum absolute atomic E-state index is 0.0312. The smallest absolute Gasteiger partial charge is 0.245 e. The number of hydrogen-bond acceptors (Lipinski definition) is 3. The lowest BCUT2D eigenvalue weighted by Gasteiger charge is -2.31. The standard InChI is InChI=1S/C17H23N3O3/c1-18-16(22)14(11-12-7-5-4-6-8-12)20(3)17(23)13-9-10-15(21)19(13)2/h4-8,13-14H,9-11H2,1-3H3,(H,18,22)/t13-,14?/m0/s1. The fraction of sp³-hybridized carbons (Fsp3) is 0.471. The topological polar surface area (TPSA) is 69.7 Å². The number of likely N-dealkylation sites (N-methyl/N-ethyl adjacent to an activating group) is 3. The molecule has 1 fully saturated rings. The third-order valence-corrected chi connectivity index (χ3v) is 4.41. The van der Waals surface area contributed by atoms with E-state index >= 15 is 0 Å². The predicted molar refractivity (Wildman–Crippen MR) is 86.6 cm³/mol. The first kappa shape index (κ1) is 17.0. The van der Waals surface area contributed by atoms with Crippen LogP contribution >= 0.6 is 0 Å². The lowest BCUT2D eigenvalue weighted by atomic mass is 10.0. The molecule has 0 bridgehead atoms. The van der Waals surface area contributed by atoms with Crippen LogP contribution in [0.2, 0.25) is 0 Å². The first-order valence-corrected chi connectivity index (χ1v) is 7.73. The average Bonchev–Trinajstić information content (AvgIpc) is 2.91. The highest BCUT2D eigenvalue weighted by atomic mass is 16.2. The van der Waals surface area contributed by atoms with E-state index in [9.17, 15) is 14.4 Å². The first-order chi connectivity index (χ1) is 11.0. The van der Waals surface area contributed by atoms with E-state index in [1.54, 1.807) is 21.1 Å². The number of rotatable bonds is 5. The molecule has 1 N–H and O–H groups in total. The lowest BCUT2D eigenvalue weighted by Crippen LogP contribution is -2.53. The van der Waals surface area contributed by atoms with Crippen molar-refractivity contribution in [2.45, 2.75) is 31.3 Å². The van der Waals surface area contributed by atoms with Gasteiger partial charge in [0.15, 0.2) is 0 Å². The van der Waals surface area contributed by atoms with Gasteiger partial charge in [-0.25, -0.2) is 0 Å². The van der Waals surface area contributed by atoms with Crippen molar-refractivity contribution in [1.82, 2.24) is 15.1 Å². The first-order valence-electron chi connectivity index (χ1n) is 7.73. The van der Waals surface area contributed by atoms with Crippen LogP contribution in [0.15, 0.2) is 30.3 Å². The Bertz CT molecular complexity index is 588. The zero-order valence-corrected chi connectivity index (χ0v) is 13.8. The van der Waals surface area contributed by atoms with Crippen molar-refractivity contribution in [1.29, 1.82) is 0 Å². The Morgan fingerprint density at radius 2 is 2.00 bits per heavy atom. The Hall–Kier alpha value is -2.37. The summed E-state index contributed by atoms with van der Waals surface area (Å²) in [5.41, 5.74) is 0.983. The Kier molecular flexibility index (Phi) is 5.36. The number of hydrogen-bond donors (Lipinski definition) is 1. The van der Waals surface area contributed by atoms with Crippen LogP contribution in [-0.4, -0.2) is 60.7 Å². The Labute approximate surface area is 136 Å². The largest absolute Gasteiger partial charge is 0.357 e. The highest BCUT2D eigenvalue weighted by Gasteiger charge is 2.38. The molecule has 1 aromatic carbocycles. The molecule has 0 saturated carbocycles. The van der Waals surface area contributed by atoms with E-state index in [2.05, 4.69) is 5.32 Å². The number of nitrogens with one attached hydrogen (secondary N) is 1. The molecule has 2 rings (SSSR count). The normalized spacial score (nSPS) is 18.7. The van der Waals surface area contributed by atoms with Crippen molar-refractivity contribution in [2.24, 2.45) is 0 Å². The molecule has 1 saturated heterocycles. The second-order valence-corrected chi connectivity index (χ2v) is 5.83. The van der Waals surface area contributed by atoms with Gasteiger partial charge in [-0.1, -0.05) is 30.3 Å². The second-order valence-electron chi connectivity index (χ2n) is 5.83. The minimum Gasteiger partial charge on any atom is -0.357 e. The van der Waals surface area contributed by atoms with Crippen molar-refractivity contribution in [3.63, 3.8) is 0 Å². The summed E-state index contributed by atoms with van der Waals surface area (Å²) in [6.45, 7) is 0. The van der Waals surface area contributed by atoms with Crippen LogP contribution in [0.3, 0.4) is 0 Å². The van der Waals surface area contributed by atoms with E-state index in [1.165, 1.54) is 9.80 Å². The maximum absolute atomic E-state index is 12.7. The Morgan fingerprint density at radius 1 is 1.35 bits per heavy atom. The maximum atomic E-state index is 12.7. The maximum Gasteiger partial charge on any atom is 0.245 e. The molecule has 124 valence electrons. The van der Waals surface area contributed by atoms with Crippen LogP contribution in [0.1, 0.15) is 18.4 Å². The summed E-state index contributed by atoms with van der Waals surface area (Å²) in [6.07, 6.45) is 1.32. The van der Waals surface area contributed by atoms with Gasteiger partial charge in [0.1, 0.15) is 12.1 Å². The number of carbonyl (C=O) groups is 3. The van der Waals surface area contributed by atoms with Crippen LogP contribution in [-0.2, 0) is 20.8 Å². The van der Waals surface area contributed by atoms with Gasteiger partial charge in [0.05, 0.1) is 0 Å². The minimum atomic E-state index is -0.598. The van der Waals surface area contributed by atoms with Gasteiger partial charge in [-0.3, -0.25) is 14.4 Å². The third kappa shape index (κ3) is 3.70. The van der Waals surface area contributed by atoms with E-state index < -0.39 is 12.1 Å². The van der Waals surface area contributed by atoms with Gasteiger partial charge in [0.2, 0.25) is 17.7 Å².